The van der Waals surface area contributed by atoms with E-state index >= 15 is 0 Å². The lowest BCUT2D eigenvalue weighted by Crippen LogP contribution is -2.43. The molecule has 0 N–H and O–H groups in total. The molecule has 118 valence electrons. The Morgan fingerprint density at radius 2 is 2.09 bits per heavy atom. The number of carbonyl (C=O) groups excluding carboxylic acids is 1. The maximum Gasteiger partial charge on any atom is 0.227 e. The average Bonchev–Trinajstić information content (AvgIpc) is 3.37. The molecule has 2 aromatic rings. The van der Waals surface area contributed by atoms with E-state index in [4.69, 9.17) is 0 Å². The van der Waals surface area contributed by atoms with Gasteiger partial charge in [-0.05, 0) is 59.6 Å². The molecule has 0 spiro atoms. The van der Waals surface area contributed by atoms with Gasteiger partial charge in [0.2, 0.25) is 5.91 Å². The molecule has 2 nitrogen and oxygen atoms in total. The van der Waals surface area contributed by atoms with Gasteiger partial charge in [-0.25, -0.2) is 0 Å². The fourth-order valence-corrected chi connectivity index (χ4v) is 6.34. The van der Waals surface area contributed by atoms with Crippen molar-refractivity contribution >= 4 is 28.6 Å². The Kier molecular flexibility index (Phi) is 3.24. The van der Waals surface area contributed by atoms with E-state index in [9.17, 15) is 4.79 Å². The summed E-state index contributed by atoms with van der Waals surface area (Å²) >= 11 is 3.61. The first kappa shape index (κ1) is 14.0. The van der Waals surface area contributed by atoms with Crippen molar-refractivity contribution in [2.24, 2.45) is 17.8 Å². The molecule has 1 aliphatic heterocycles. The number of nitrogens with zero attached hydrogens (tertiary/aromatic N) is 1. The summed E-state index contributed by atoms with van der Waals surface area (Å²) in [6, 6.07) is 6.65. The summed E-state index contributed by atoms with van der Waals surface area (Å²) in [5.41, 5.74) is 1.36. The summed E-state index contributed by atoms with van der Waals surface area (Å²) in [7, 11) is 0. The third-order valence-corrected chi connectivity index (χ3v) is 7.58. The molecule has 0 aromatic carbocycles. The fraction of sp³-hybridized carbons (Fsp3) is 0.421. The molecule has 1 saturated carbocycles. The normalized spacial score (nSPS) is 31.6. The van der Waals surface area contributed by atoms with Crippen LogP contribution in [-0.2, 0) is 11.2 Å². The van der Waals surface area contributed by atoms with Crippen molar-refractivity contribution in [3.8, 4) is 0 Å². The maximum absolute atomic E-state index is 13.3. The zero-order chi connectivity index (χ0) is 15.4. The third kappa shape index (κ3) is 2.15. The number of thiophene rings is 2. The molecule has 5 rings (SSSR count). The van der Waals surface area contributed by atoms with Gasteiger partial charge in [-0.1, -0.05) is 18.2 Å². The van der Waals surface area contributed by atoms with Crippen LogP contribution in [0.15, 0.2) is 41.1 Å². The number of amides is 1. The summed E-state index contributed by atoms with van der Waals surface area (Å²) in [6.45, 7) is 0.868. The minimum absolute atomic E-state index is 0.139. The molecule has 1 amide bonds. The van der Waals surface area contributed by atoms with Crippen LogP contribution in [0.2, 0.25) is 0 Å². The average molecular weight is 342 g/mol. The van der Waals surface area contributed by atoms with Gasteiger partial charge in [-0.3, -0.25) is 4.79 Å². The van der Waals surface area contributed by atoms with E-state index in [1.807, 2.05) is 11.3 Å². The van der Waals surface area contributed by atoms with Gasteiger partial charge < -0.3 is 4.90 Å². The lowest BCUT2D eigenvalue weighted by atomic mass is 9.89. The molecule has 23 heavy (non-hydrogen) atoms. The lowest BCUT2D eigenvalue weighted by Gasteiger charge is -2.38. The zero-order valence-corrected chi connectivity index (χ0v) is 14.5. The highest BCUT2D eigenvalue weighted by molar-refractivity contribution is 7.10. The maximum atomic E-state index is 13.3. The minimum Gasteiger partial charge on any atom is -0.330 e. The van der Waals surface area contributed by atoms with Crippen LogP contribution >= 0.6 is 22.7 Å². The second-order valence-electron chi connectivity index (χ2n) is 6.89. The molecule has 2 aliphatic carbocycles. The van der Waals surface area contributed by atoms with Gasteiger partial charge in [0.05, 0.1) is 6.04 Å². The van der Waals surface area contributed by atoms with Crippen LogP contribution in [0.4, 0.5) is 0 Å². The zero-order valence-electron chi connectivity index (χ0n) is 12.9. The van der Waals surface area contributed by atoms with Gasteiger partial charge in [-0.15, -0.1) is 22.7 Å². The Labute approximate surface area is 144 Å². The van der Waals surface area contributed by atoms with E-state index < -0.39 is 0 Å². The molecule has 0 unspecified atom stereocenters. The number of hydrogen-bond donors (Lipinski definition) is 0. The molecule has 0 saturated heterocycles. The molecule has 2 bridgehead atoms. The first-order chi connectivity index (χ1) is 11.3. The topological polar surface area (TPSA) is 20.3 Å². The molecule has 4 atom stereocenters. The predicted molar refractivity (Wildman–Crippen MR) is 94.7 cm³/mol. The number of carbonyl (C=O) groups is 1. The number of allylic oxidation sites excluding steroid dienone is 2. The quantitative estimate of drug-likeness (QED) is 0.737. The number of fused-ring (bicyclic) bond motifs is 3. The number of hydrogen-bond acceptors (Lipinski definition) is 3. The Bertz CT molecular complexity index is 760. The smallest absolute Gasteiger partial charge is 0.227 e. The minimum atomic E-state index is 0.139. The first-order valence-corrected chi connectivity index (χ1v) is 10.2. The lowest BCUT2D eigenvalue weighted by molar-refractivity contribution is -0.138. The van der Waals surface area contributed by atoms with Crippen molar-refractivity contribution in [1.29, 1.82) is 0 Å². The summed E-state index contributed by atoms with van der Waals surface area (Å²) in [6.07, 6.45) is 7.87. The Hall–Kier alpha value is -1.39. The molecule has 1 fully saturated rings. The Morgan fingerprint density at radius 3 is 2.83 bits per heavy atom. The summed E-state index contributed by atoms with van der Waals surface area (Å²) in [5, 5.41) is 4.30. The van der Waals surface area contributed by atoms with E-state index in [0.717, 1.165) is 19.4 Å². The van der Waals surface area contributed by atoms with Gasteiger partial charge >= 0.3 is 0 Å². The van der Waals surface area contributed by atoms with Crippen LogP contribution in [-0.4, -0.2) is 17.4 Å². The van der Waals surface area contributed by atoms with Crippen molar-refractivity contribution in [1.82, 2.24) is 4.90 Å². The Balaban J connectivity index is 1.51. The first-order valence-electron chi connectivity index (χ1n) is 8.40. The van der Waals surface area contributed by atoms with Crippen LogP contribution < -0.4 is 0 Å². The van der Waals surface area contributed by atoms with Gasteiger partial charge in [0.25, 0.3) is 0 Å². The van der Waals surface area contributed by atoms with Crippen molar-refractivity contribution < 1.29 is 4.79 Å². The highest BCUT2D eigenvalue weighted by Crippen LogP contribution is 2.47. The Morgan fingerprint density at radius 1 is 1.13 bits per heavy atom. The second kappa shape index (κ2) is 5.32. The van der Waals surface area contributed by atoms with E-state index in [1.165, 1.54) is 21.7 Å². The monoisotopic (exact) mass is 341 g/mol. The molecule has 2 aromatic heterocycles. The molecule has 3 heterocycles. The van der Waals surface area contributed by atoms with Crippen LogP contribution in [0.1, 0.15) is 34.2 Å². The summed E-state index contributed by atoms with van der Waals surface area (Å²) in [5.74, 6) is 1.74. The van der Waals surface area contributed by atoms with E-state index in [2.05, 4.69) is 46.0 Å². The standard InChI is InChI=1S/C19H19NOS2/c21-19(15-11-12-3-4-13(15)10-12)20-7-5-16-14(6-9-23-16)18(20)17-2-1-8-22-17/h1-4,6,8-9,12-13,15,18H,5,7,10-11H2/t12-,13-,15-,18+/m0/s1. The van der Waals surface area contributed by atoms with Gasteiger partial charge in [0.15, 0.2) is 0 Å². The molecule has 0 radical (unpaired) electrons. The molecular formula is C19H19NOS2. The van der Waals surface area contributed by atoms with Crippen LogP contribution in [0, 0.1) is 17.8 Å². The summed E-state index contributed by atoms with van der Waals surface area (Å²) < 4.78 is 0. The van der Waals surface area contributed by atoms with Crippen molar-refractivity contribution in [3.05, 3.63) is 56.4 Å². The highest BCUT2D eigenvalue weighted by atomic mass is 32.1. The largest absolute Gasteiger partial charge is 0.330 e. The van der Waals surface area contributed by atoms with Crippen LogP contribution in [0.3, 0.4) is 0 Å². The van der Waals surface area contributed by atoms with Crippen LogP contribution in [0.5, 0.6) is 0 Å². The second-order valence-corrected chi connectivity index (χ2v) is 8.87. The highest BCUT2D eigenvalue weighted by Gasteiger charge is 2.44. The van der Waals surface area contributed by atoms with Gasteiger partial charge in [-0.2, -0.15) is 0 Å². The molecule has 4 heteroatoms. The van der Waals surface area contributed by atoms with Gasteiger partial charge in [0.1, 0.15) is 0 Å². The van der Waals surface area contributed by atoms with Gasteiger partial charge in [0, 0.05) is 22.2 Å². The third-order valence-electron chi connectivity index (χ3n) is 5.66. The molecular weight excluding hydrogens is 322 g/mol. The van der Waals surface area contributed by atoms with Crippen LogP contribution in [0.25, 0.3) is 0 Å². The van der Waals surface area contributed by atoms with E-state index in [-0.39, 0.29) is 12.0 Å². The van der Waals surface area contributed by atoms with Crippen molar-refractivity contribution in [2.75, 3.05) is 6.54 Å². The predicted octanol–water partition coefficient (Wildman–Crippen LogP) is 4.50. The fourth-order valence-electron chi connectivity index (χ4n) is 4.59. The molecule has 3 aliphatic rings. The van der Waals surface area contributed by atoms with E-state index in [0.29, 0.717) is 17.7 Å². The van der Waals surface area contributed by atoms with Crippen molar-refractivity contribution in [2.45, 2.75) is 25.3 Å². The van der Waals surface area contributed by atoms with Crippen molar-refractivity contribution in [3.63, 3.8) is 0 Å². The summed E-state index contributed by atoms with van der Waals surface area (Å²) in [4.78, 5) is 18.3. The number of rotatable bonds is 2. The SMILES string of the molecule is O=C([C@H]1C[C@H]2C=C[C@H]1C2)N1CCc2sccc2[C@@H]1c1cccs1. The van der Waals surface area contributed by atoms with E-state index in [1.54, 1.807) is 11.3 Å².